The number of oxime groups is 2. The van der Waals surface area contributed by atoms with Crippen LogP contribution in [-0.4, -0.2) is 52.6 Å². The van der Waals surface area contributed by atoms with Gasteiger partial charge in [-0.15, -0.1) is 0 Å². The quantitative estimate of drug-likeness (QED) is 0.110. The largest absolute Gasteiger partial charge is 0.511 e. The van der Waals surface area contributed by atoms with Crippen molar-refractivity contribution in [2.75, 3.05) is 0 Å². The van der Waals surface area contributed by atoms with Gasteiger partial charge in [-0.3, -0.25) is 4.79 Å². The first-order chi connectivity index (χ1) is 20.1. The van der Waals surface area contributed by atoms with Gasteiger partial charge in [0, 0.05) is 12.0 Å². The maximum atomic E-state index is 11.8. The Morgan fingerprint density at radius 1 is 0.795 bits per heavy atom. The van der Waals surface area contributed by atoms with Crippen LogP contribution >= 0.6 is 0 Å². The molecule has 2 aromatic carbocycles. The first-order valence-electron chi connectivity index (χ1n) is 15.1. The number of rotatable bonds is 15. The van der Waals surface area contributed by atoms with Gasteiger partial charge in [-0.05, 0) is 76.6 Å². The Morgan fingerprint density at radius 3 is 1.50 bits per heavy atom. The summed E-state index contributed by atoms with van der Waals surface area (Å²) in [5.41, 5.74) is 11.8. The van der Waals surface area contributed by atoms with Crippen LogP contribution in [-0.2, 0) is 27.3 Å². The molecule has 0 aliphatic carbocycles. The first-order valence-corrected chi connectivity index (χ1v) is 15.1. The highest BCUT2D eigenvalue weighted by atomic mass is 16.6. The second-order valence-corrected chi connectivity index (χ2v) is 12.0. The molecule has 0 spiro atoms. The third-order valence-electron chi connectivity index (χ3n) is 6.31. The minimum absolute atomic E-state index is 0. The fraction of sp³-hybridized carbons (Fsp3) is 0.528. The number of hydrogen-bond acceptors (Lipinski definition) is 8. The van der Waals surface area contributed by atoms with Crippen molar-refractivity contribution in [3.05, 3.63) is 83.1 Å². The number of carbonyl (C=O) groups excluding carboxylic acids is 1. The monoisotopic (exact) mass is 610 g/mol. The lowest BCUT2D eigenvalue weighted by atomic mass is 9.96. The molecule has 2 rings (SSSR count). The lowest BCUT2D eigenvalue weighted by Gasteiger charge is -2.20. The number of carbonyl (C=O) groups is 1. The normalized spacial score (nSPS) is 13.2. The van der Waals surface area contributed by atoms with Gasteiger partial charge >= 0.3 is 0 Å². The number of hydrogen-bond donors (Lipinski definition) is 3. The number of nitrogens with two attached hydrogens (primary N) is 1. The molecule has 0 aromatic heterocycles. The van der Waals surface area contributed by atoms with E-state index >= 15 is 0 Å². The van der Waals surface area contributed by atoms with Gasteiger partial charge in [0.2, 0.25) is 0 Å². The summed E-state index contributed by atoms with van der Waals surface area (Å²) in [5.74, 6) is 0.241. The number of aliphatic hydroxyl groups is 1. The molecule has 0 saturated heterocycles. The summed E-state index contributed by atoms with van der Waals surface area (Å²) >= 11 is 0. The molecule has 2 unspecified atom stereocenters. The first kappa shape index (κ1) is 40.5. The van der Waals surface area contributed by atoms with Gasteiger partial charge in [0.05, 0.1) is 23.5 Å². The van der Waals surface area contributed by atoms with Crippen molar-refractivity contribution >= 4 is 17.2 Å². The van der Waals surface area contributed by atoms with Crippen LogP contribution in [0.15, 0.2) is 71.2 Å². The molecule has 2 atom stereocenters. The van der Waals surface area contributed by atoms with E-state index < -0.39 is 6.04 Å². The summed E-state index contributed by atoms with van der Waals surface area (Å²) in [6.07, 6.45) is 1.41. The average Bonchev–Trinajstić information content (AvgIpc) is 2.94. The standard InChI is InChI=1S/C18H28N2O2.C17H26N2O2.CH4/c1-12(2)19-18(15(6)21)11-16-7-9-17(10-8-16)14(5)20-22-13(3)4;1-11(2)17(20)16(18)10-14-6-8-15(9-7-14)13(5)19-21-12(3)4;/h7-10,12-13,18-19,21H,6,11H2,1-5H3;6-9,11-12,16H,10,18H2,1-5H3;1H4/b20-14-;19-13-;. The summed E-state index contributed by atoms with van der Waals surface area (Å²) in [5, 5.41) is 21.2. The van der Waals surface area contributed by atoms with Gasteiger partial charge in [0.25, 0.3) is 0 Å². The maximum absolute atomic E-state index is 11.8. The minimum atomic E-state index is -0.435. The highest BCUT2D eigenvalue weighted by Gasteiger charge is 2.17. The number of nitrogens with one attached hydrogen (secondary N) is 1. The summed E-state index contributed by atoms with van der Waals surface area (Å²) in [6, 6.07) is 15.8. The smallest absolute Gasteiger partial charge is 0.152 e. The SMILES string of the molecule is C.C/C(=N/OC(C)C)c1ccc(CC(N)C(=O)C(C)C)cc1.C=C(O)C(Cc1ccc(/C(C)=N\OC(C)C)cc1)NC(C)C. The third-order valence-corrected chi connectivity index (χ3v) is 6.31. The fourth-order valence-electron chi connectivity index (χ4n) is 3.93. The van der Waals surface area contributed by atoms with E-state index in [1.807, 2.05) is 118 Å². The van der Waals surface area contributed by atoms with E-state index in [0.29, 0.717) is 12.8 Å². The highest BCUT2D eigenvalue weighted by Crippen LogP contribution is 2.12. The molecule has 4 N–H and O–H groups in total. The number of benzene rings is 2. The third kappa shape index (κ3) is 15.8. The zero-order valence-corrected chi connectivity index (χ0v) is 27.8. The topological polar surface area (TPSA) is 119 Å². The lowest BCUT2D eigenvalue weighted by molar-refractivity contribution is -0.123. The fourth-order valence-corrected chi connectivity index (χ4v) is 3.93. The van der Waals surface area contributed by atoms with Crippen molar-refractivity contribution in [2.24, 2.45) is 22.0 Å². The van der Waals surface area contributed by atoms with E-state index in [9.17, 15) is 9.90 Å². The van der Waals surface area contributed by atoms with Crippen molar-refractivity contribution in [3.63, 3.8) is 0 Å². The Morgan fingerprint density at radius 2 is 1.18 bits per heavy atom. The Labute approximate surface area is 266 Å². The molecular formula is C36H58N4O4. The number of aliphatic hydroxyl groups excluding tert-OH is 1. The van der Waals surface area contributed by atoms with Crippen LogP contribution in [0.3, 0.4) is 0 Å². The number of nitrogens with zero attached hydrogens (tertiary/aromatic N) is 2. The van der Waals surface area contributed by atoms with Crippen LogP contribution in [0.5, 0.6) is 0 Å². The Hall–Kier alpha value is -3.49. The van der Waals surface area contributed by atoms with Gasteiger partial charge in [0.15, 0.2) is 5.78 Å². The van der Waals surface area contributed by atoms with Crippen LogP contribution in [0.2, 0.25) is 0 Å². The Kier molecular flexibility index (Phi) is 18.8. The van der Waals surface area contributed by atoms with E-state index in [-0.39, 0.29) is 49.2 Å². The summed E-state index contributed by atoms with van der Waals surface area (Å²) in [6.45, 7) is 23.1. The second-order valence-electron chi connectivity index (χ2n) is 12.0. The Balaban J connectivity index is 0.000000823. The molecule has 44 heavy (non-hydrogen) atoms. The minimum Gasteiger partial charge on any atom is -0.511 e. The molecule has 2 aromatic rings. The molecule has 8 nitrogen and oxygen atoms in total. The van der Waals surface area contributed by atoms with Crippen molar-refractivity contribution in [2.45, 2.75) is 120 Å². The molecule has 0 fully saturated rings. The van der Waals surface area contributed by atoms with Crippen LogP contribution in [0, 0.1) is 5.92 Å². The van der Waals surface area contributed by atoms with Crippen LogP contribution in [0.25, 0.3) is 0 Å². The van der Waals surface area contributed by atoms with E-state index in [1.165, 1.54) is 0 Å². The predicted octanol–water partition coefficient (Wildman–Crippen LogP) is 7.38. The van der Waals surface area contributed by atoms with Crippen LogP contribution in [0.1, 0.15) is 98.9 Å². The lowest BCUT2D eigenvalue weighted by Crippen LogP contribution is -2.37. The van der Waals surface area contributed by atoms with E-state index in [0.717, 1.165) is 33.7 Å². The Bertz CT molecular complexity index is 1180. The molecule has 0 bridgehead atoms. The summed E-state index contributed by atoms with van der Waals surface area (Å²) in [4.78, 5) is 22.3. The van der Waals surface area contributed by atoms with Gasteiger partial charge in [-0.2, -0.15) is 0 Å². The van der Waals surface area contributed by atoms with Crippen molar-refractivity contribution in [1.29, 1.82) is 0 Å². The van der Waals surface area contributed by atoms with E-state index in [4.69, 9.17) is 15.4 Å². The zero-order valence-electron chi connectivity index (χ0n) is 27.8. The summed E-state index contributed by atoms with van der Waals surface area (Å²) < 4.78 is 0. The van der Waals surface area contributed by atoms with Gasteiger partial charge in [-0.1, -0.05) is 101 Å². The van der Waals surface area contributed by atoms with E-state index in [2.05, 4.69) is 22.2 Å². The van der Waals surface area contributed by atoms with Gasteiger partial charge in [-0.25, -0.2) is 0 Å². The highest BCUT2D eigenvalue weighted by molar-refractivity contribution is 5.98. The van der Waals surface area contributed by atoms with E-state index in [1.54, 1.807) is 0 Å². The van der Waals surface area contributed by atoms with Gasteiger partial charge in [0.1, 0.15) is 18.0 Å². The molecule has 0 radical (unpaired) electrons. The molecule has 0 saturated carbocycles. The molecular weight excluding hydrogens is 552 g/mol. The molecule has 8 heteroatoms. The molecule has 0 heterocycles. The van der Waals surface area contributed by atoms with Crippen molar-refractivity contribution in [3.8, 4) is 0 Å². The molecule has 0 amide bonds. The number of ketones is 1. The van der Waals surface area contributed by atoms with Crippen molar-refractivity contribution < 1.29 is 19.6 Å². The molecule has 0 aliphatic heterocycles. The second kappa shape index (κ2) is 20.5. The average molecular weight is 611 g/mol. The summed E-state index contributed by atoms with van der Waals surface area (Å²) in [7, 11) is 0. The molecule has 0 aliphatic rings. The van der Waals surface area contributed by atoms with Gasteiger partial charge < -0.3 is 25.8 Å². The molecule has 246 valence electrons. The van der Waals surface area contributed by atoms with Crippen LogP contribution in [0.4, 0.5) is 0 Å². The van der Waals surface area contributed by atoms with Crippen molar-refractivity contribution in [1.82, 2.24) is 5.32 Å². The maximum Gasteiger partial charge on any atom is 0.152 e. The number of Topliss-reactive ketones (excluding diaryl/α,β-unsaturated/α-hetero) is 1. The zero-order chi connectivity index (χ0) is 32.7. The van der Waals surface area contributed by atoms with Crippen LogP contribution < -0.4 is 11.1 Å². The predicted molar refractivity (Wildman–Crippen MR) is 186 cm³/mol.